The van der Waals surface area contributed by atoms with Crippen LogP contribution in [0.5, 0.6) is 11.5 Å². The van der Waals surface area contributed by atoms with Crippen LogP contribution in [-0.2, 0) is 14.3 Å². The van der Waals surface area contributed by atoms with Gasteiger partial charge in [-0.2, -0.15) is 0 Å². The molecule has 1 aliphatic rings. The summed E-state index contributed by atoms with van der Waals surface area (Å²) in [6.07, 6.45) is 2.21. The zero-order valence-corrected chi connectivity index (χ0v) is 16.3. The van der Waals surface area contributed by atoms with E-state index in [1.54, 1.807) is 31.4 Å². The molecule has 0 saturated carbocycles. The van der Waals surface area contributed by atoms with Gasteiger partial charge in [0.1, 0.15) is 6.54 Å². The number of carbonyl (C=O) groups is 3. The van der Waals surface area contributed by atoms with Gasteiger partial charge in [-0.25, -0.2) is 0 Å². The zero-order chi connectivity index (χ0) is 19.8. The maximum absolute atomic E-state index is 12.5. The van der Waals surface area contributed by atoms with Crippen LogP contribution in [0.15, 0.2) is 23.1 Å². The molecule has 8 nitrogen and oxygen atoms in total. The summed E-state index contributed by atoms with van der Waals surface area (Å²) in [5.41, 5.74) is 0.603. The minimum atomic E-state index is -0.512. The first-order valence-electron chi connectivity index (χ1n) is 8.23. The summed E-state index contributed by atoms with van der Waals surface area (Å²) in [7, 11) is 4.58. The molecule has 9 heteroatoms. The van der Waals surface area contributed by atoms with Gasteiger partial charge in [-0.3, -0.25) is 19.3 Å². The summed E-state index contributed by atoms with van der Waals surface area (Å²) in [6, 6.07) is 5.23. The molecule has 0 aromatic heterocycles. The van der Waals surface area contributed by atoms with E-state index in [0.29, 0.717) is 36.6 Å². The van der Waals surface area contributed by atoms with Crippen molar-refractivity contribution in [3.8, 4) is 11.5 Å². The van der Waals surface area contributed by atoms with E-state index in [-0.39, 0.29) is 11.4 Å². The van der Waals surface area contributed by atoms with E-state index in [1.165, 1.54) is 14.2 Å². The fraction of sp³-hybridized carbons (Fsp3) is 0.389. The molecule has 2 rings (SSSR count). The first kappa shape index (κ1) is 20.8. The second-order valence-electron chi connectivity index (χ2n) is 5.55. The smallest absolute Gasteiger partial charge is 0.294 e. The molecule has 1 heterocycles. The molecule has 1 saturated heterocycles. The molecule has 0 radical (unpaired) electrons. The van der Waals surface area contributed by atoms with Gasteiger partial charge < -0.3 is 19.5 Å². The third-order valence-corrected chi connectivity index (χ3v) is 4.65. The molecule has 1 aromatic rings. The lowest BCUT2D eigenvalue weighted by Gasteiger charge is -2.12. The summed E-state index contributed by atoms with van der Waals surface area (Å²) < 4.78 is 15.5. The number of hydrogen-bond donors (Lipinski definition) is 1. The van der Waals surface area contributed by atoms with E-state index in [2.05, 4.69) is 5.32 Å². The Morgan fingerprint density at radius 1 is 1.22 bits per heavy atom. The molecule has 27 heavy (non-hydrogen) atoms. The Morgan fingerprint density at radius 2 is 2.00 bits per heavy atom. The van der Waals surface area contributed by atoms with Gasteiger partial charge in [0.05, 0.1) is 19.1 Å². The van der Waals surface area contributed by atoms with Gasteiger partial charge in [0.15, 0.2) is 11.5 Å². The lowest BCUT2D eigenvalue weighted by atomic mass is 10.1. The van der Waals surface area contributed by atoms with Crippen LogP contribution in [-0.4, -0.2) is 63.0 Å². The van der Waals surface area contributed by atoms with Crippen molar-refractivity contribution in [3.63, 3.8) is 0 Å². The average molecular weight is 394 g/mol. The second kappa shape index (κ2) is 9.98. The van der Waals surface area contributed by atoms with Crippen LogP contribution in [0.25, 0.3) is 6.08 Å². The molecule has 1 fully saturated rings. The van der Waals surface area contributed by atoms with Crippen LogP contribution < -0.4 is 14.8 Å². The van der Waals surface area contributed by atoms with Crippen LogP contribution in [0, 0.1) is 0 Å². The molecule has 1 aromatic carbocycles. The Labute approximate surface area is 161 Å². The predicted octanol–water partition coefficient (Wildman–Crippen LogP) is 1.89. The molecule has 0 aliphatic carbocycles. The van der Waals surface area contributed by atoms with E-state index in [4.69, 9.17) is 14.2 Å². The van der Waals surface area contributed by atoms with Crippen LogP contribution in [0.4, 0.5) is 4.79 Å². The number of para-hydroxylation sites is 1. The Morgan fingerprint density at radius 3 is 2.67 bits per heavy atom. The van der Waals surface area contributed by atoms with Crippen molar-refractivity contribution in [2.45, 2.75) is 6.42 Å². The zero-order valence-electron chi connectivity index (χ0n) is 15.4. The monoisotopic (exact) mass is 394 g/mol. The van der Waals surface area contributed by atoms with Crippen LogP contribution in [0.1, 0.15) is 12.0 Å². The van der Waals surface area contributed by atoms with Crippen LogP contribution in [0.3, 0.4) is 0 Å². The van der Waals surface area contributed by atoms with Gasteiger partial charge in [-0.15, -0.1) is 0 Å². The molecular weight excluding hydrogens is 372 g/mol. The molecule has 0 atom stereocenters. The van der Waals surface area contributed by atoms with E-state index < -0.39 is 17.1 Å². The largest absolute Gasteiger partial charge is 0.493 e. The van der Waals surface area contributed by atoms with Gasteiger partial charge in [0, 0.05) is 25.8 Å². The summed E-state index contributed by atoms with van der Waals surface area (Å²) in [6.45, 7) is 0.622. The highest BCUT2D eigenvalue weighted by Crippen LogP contribution is 2.37. The highest BCUT2D eigenvalue weighted by atomic mass is 32.2. The average Bonchev–Trinajstić information content (AvgIpc) is 2.92. The van der Waals surface area contributed by atoms with Crippen LogP contribution in [0.2, 0.25) is 0 Å². The minimum Gasteiger partial charge on any atom is -0.493 e. The number of ether oxygens (including phenoxy) is 3. The van der Waals surface area contributed by atoms with Crippen molar-refractivity contribution in [2.24, 2.45) is 0 Å². The summed E-state index contributed by atoms with van der Waals surface area (Å²) in [5, 5.41) is 2.17. The van der Waals surface area contributed by atoms with Crippen molar-refractivity contribution in [2.75, 3.05) is 41.0 Å². The topological polar surface area (TPSA) is 94.2 Å². The first-order valence-corrected chi connectivity index (χ1v) is 9.05. The maximum atomic E-state index is 12.5. The Bertz CT molecular complexity index is 749. The Kier molecular flexibility index (Phi) is 7.68. The maximum Gasteiger partial charge on any atom is 0.294 e. The predicted molar refractivity (Wildman–Crippen MR) is 102 cm³/mol. The molecule has 1 N–H and O–H groups in total. The lowest BCUT2D eigenvalue weighted by Crippen LogP contribution is -2.39. The normalized spacial score (nSPS) is 15.4. The van der Waals surface area contributed by atoms with Gasteiger partial charge >= 0.3 is 0 Å². The minimum absolute atomic E-state index is 0.221. The van der Waals surface area contributed by atoms with Gasteiger partial charge in [-0.05, 0) is 30.3 Å². The van der Waals surface area contributed by atoms with Crippen molar-refractivity contribution >= 4 is 34.9 Å². The van der Waals surface area contributed by atoms with Crippen molar-refractivity contribution in [1.29, 1.82) is 0 Å². The first-order chi connectivity index (χ1) is 13.0. The fourth-order valence-electron chi connectivity index (χ4n) is 2.45. The molecule has 1 aliphatic heterocycles. The number of hydrogen-bond acceptors (Lipinski definition) is 7. The third kappa shape index (κ3) is 5.24. The van der Waals surface area contributed by atoms with Gasteiger partial charge in [0.2, 0.25) is 5.91 Å². The molecule has 3 amide bonds. The number of imide groups is 1. The van der Waals surface area contributed by atoms with E-state index in [9.17, 15) is 14.4 Å². The number of nitrogens with zero attached hydrogens (tertiary/aromatic N) is 1. The van der Waals surface area contributed by atoms with Crippen molar-refractivity contribution in [3.05, 3.63) is 28.7 Å². The van der Waals surface area contributed by atoms with Crippen molar-refractivity contribution < 1.29 is 28.6 Å². The lowest BCUT2D eigenvalue weighted by molar-refractivity contribution is -0.129. The molecule has 0 unspecified atom stereocenters. The fourth-order valence-corrected chi connectivity index (χ4v) is 3.28. The number of amides is 3. The van der Waals surface area contributed by atoms with E-state index in [0.717, 1.165) is 16.7 Å². The van der Waals surface area contributed by atoms with E-state index in [1.807, 2.05) is 0 Å². The standard InChI is InChI=1S/C18H22N2O6S/c1-24-9-5-8-19-15(21)11-20-17(22)14(27-18(20)23)10-12-6-4-7-13(25-2)16(12)26-3/h4,6-7,10H,5,8-9,11H2,1-3H3,(H,19,21)/b14-10-. The number of methoxy groups -OCH3 is 3. The molecule has 0 bridgehead atoms. The molecule has 146 valence electrons. The molecule has 0 spiro atoms. The summed E-state index contributed by atoms with van der Waals surface area (Å²) in [5.74, 6) is 0.0686. The van der Waals surface area contributed by atoms with Gasteiger partial charge in [0.25, 0.3) is 11.1 Å². The Hall–Kier alpha value is -2.52. The number of thioether (sulfide) groups is 1. The third-order valence-electron chi connectivity index (χ3n) is 3.74. The quantitative estimate of drug-likeness (QED) is 0.505. The highest BCUT2D eigenvalue weighted by molar-refractivity contribution is 8.18. The van der Waals surface area contributed by atoms with Crippen molar-refractivity contribution in [1.82, 2.24) is 10.2 Å². The second-order valence-corrected chi connectivity index (χ2v) is 6.54. The molecular formula is C18H22N2O6S. The SMILES string of the molecule is COCCCNC(=O)CN1C(=O)S/C(=C\c2cccc(OC)c2OC)C1=O. The number of benzene rings is 1. The Balaban J connectivity index is 2.09. The highest BCUT2D eigenvalue weighted by Gasteiger charge is 2.36. The van der Waals surface area contributed by atoms with E-state index >= 15 is 0 Å². The van der Waals surface area contributed by atoms with Gasteiger partial charge in [-0.1, -0.05) is 12.1 Å². The number of rotatable bonds is 9. The number of nitrogens with one attached hydrogen (secondary N) is 1. The summed E-state index contributed by atoms with van der Waals surface area (Å²) in [4.78, 5) is 37.8. The summed E-state index contributed by atoms with van der Waals surface area (Å²) >= 11 is 0.785. The number of carbonyl (C=O) groups excluding carboxylic acids is 3. The van der Waals surface area contributed by atoms with Crippen LogP contribution >= 0.6 is 11.8 Å².